The van der Waals surface area contributed by atoms with Crippen LogP contribution in [0.3, 0.4) is 0 Å². The van der Waals surface area contributed by atoms with Crippen LogP contribution in [0.15, 0.2) is 24.3 Å². The van der Waals surface area contributed by atoms with E-state index < -0.39 is 5.67 Å². The molecule has 0 radical (unpaired) electrons. The fourth-order valence-electron chi connectivity index (χ4n) is 2.07. The number of nitrogens with one attached hydrogen (secondary N) is 1. The Bertz CT molecular complexity index is 348. The van der Waals surface area contributed by atoms with Crippen molar-refractivity contribution in [2.75, 3.05) is 19.7 Å². The maximum atomic E-state index is 14.6. The molecule has 16 heavy (non-hydrogen) atoms. The molecule has 1 atom stereocenters. The number of para-hydroxylation sites is 1. The molecule has 0 amide bonds. The van der Waals surface area contributed by atoms with Crippen LogP contribution in [0.4, 0.5) is 4.39 Å². The van der Waals surface area contributed by atoms with Gasteiger partial charge in [0.2, 0.25) is 0 Å². The van der Waals surface area contributed by atoms with Gasteiger partial charge in [0, 0.05) is 12.1 Å². The molecule has 1 aromatic rings. The number of alkyl halides is 1. The molecular weight excluding hydrogens is 205 g/mol. The second-order valence-corrected chi connectivity index (χ2v) is 4.24. The van der Waals surface area contributed by atoms with Crippen LogP contribution in [0.5, 0.6) is 5.75 Å². The maximum Gasteiger partial charge on any atom is 0.153 e. The number of benzene rings is 1. The summed E-state index contributed by atoms with van der Waals surface area (Å²) in [4.78, 5) is 0. The van der Waals surface area contributed by atoms with E-state index in [1.807, 2.05) is 31.2 Å². The molecule has 3 heteroatoms. The average Bonchev–Trinajstić information content (AvgIpc) is 2.75. The van der Waals surface area contributed by atoms with Gasteiger partial charge in [-0.1, -0.05) is 25.1 Å². The fraction of sp³-hybridized carbons (Fsp3) is 0.538. The van der Waals surface area contributed by atoms with Crippen LogP contribution >= 0.6 is 0 Å². The zero-order valence-corrected chi connectivity index (χ0v) is 9.63. The lowest BCUT2D eigenvalue weighted by atomic mass is 9.94. The van der Waals surface area contributed by atoms with Crippen molar-refractivity contribution in [3.8, 4) is 5.75 Å². The predicted molar refractivity (Wildman–Crippen MR) is 62.5 cm³/mol. The number of halogens is 1. The van der Waals surface area contributed by atoms with Gasteiger partial charge >= 0.3 is 0 Å². The number of ether oxygens (including phenoxy) is 1. The molecule has 1 fully saturated rings. The first-order valence-electron chi connectivity index (χ1n) is 5.88. The SMILES string of the molecule is CCCOc1ccccc1C1(F)CCNC1. The van der Waals surface area contributed by atoms with E-state index in [1.165, 1.54) is 0 Å². The minimum absolute atomic E-state index is 0.388. The van der Waals surface area contributed by atoms with Crippen molar-refractivity contribution in [1.29, 1.82) is 0 Å². The normalized spacial score (nSPS) is 24.6. The Morgan fingerprint density at radius 3 is 2.94 bits per heavy atom. The second kappa shape index (κ2) is 4.83. The lowest BCUT2D eigenvalue weighted by Gasteiger charge is -2.21. The van der Waals surface area contributed by atoms with E-state index in [4.69, 9.17) is 4.74 Å². The van der Waals surface area contributed by atoms with Gasteiger partial charge in [0.15, 0.2) is 5.67 Å². The van der Waals surface area contributed by atoms with Crippen LogP contribution in [0.1, 0.15) is 25.3 Å². The van der Waals surface area contributed by atoms with Gasteiger partial charge in [0.1, 0.15) is 5.75 Å². The van der Waals surface area contributed by atoms with Gasteiger partial charge in [0.25, 0.3) is 0 Å². The smallest absolute Gasteiger partial charge is 0.153 e. The van der Waals surface area contributed by atoms with Gasteiger partial charge in [-0.3, -0.25) is 0 Å². The summed E-state index contributed by atoms with van der Waals surface area (Å²) in [5.41, 5.74) is -0.571. The van der Waals surface area contributed by atoms with Crippen molar-refractivity contribution in [2.45, 2.75) is 25.4 Å². The highest BCUT2D eigenvalue weighted by molar-refractivity contribution is 5.39. The van der Waals surface area contributed by atoms with Gasteiger partial charge in [-0.05, 0) is 25.5 Å². The first-order valence-corrected chi connectivity index (χ1v) is 5.88. The molecule has 1 aliphatic heterocycles. The fourth-order valence-corrected chi connectivity index (χ4v) is 2.07. The molecule has 0 aliphatic carbocycles. The Balaban J connectivity index is 2.24. The largest absolute Gasteiger partial charge is 0.493 e. The van der Waals surface area contributed by atoms with Crippen LogP contribution in [0.25, 0.3) is 0 Å². The summed E-state index contributed by atoms with van der Waals surface area (Å²) >= 11 is 0. The third kappa shape index (κ3) is 2.19. The summed E-state index contributed by atoms with van der Waals surface area (Å²) in [5, 5.41) is 3.06. The van der Waals surface area contributed by atoms with Crippen molar-refractivity contribution < 1.29 is 9.13 Å². The molecule has 2 rings (SSSR count). The second-order valence-electron chi connectivity index (χ2n) is 4.24. The average molecular weight is 223 g/mol. The van der Waals surface area contributed by atoms with Crippen LogP contribution in [-0.2, 0) is 5.67 Å². The molecule has 88 valence electrons. The minimum atomic E-state index is -1.26. The lowest BCUT2D eigenvalue weighted by Crippen LogP contribution is -2.24. The van der Waals surface area contributed by atoms with E-state index in [0.717, 1.165) is 13.0 Å². The van der Waals surface area contributed by atoms with E-state index >= 15 is 0 Å². The Morgan fingerprint density at radius 1 is 1.44 bits per heavy atom. The van der Waals surface area contributed by atoms with Crippen LogP contribution < -0.4 is 10.1 Å². The first-order chi connectivity index (χ1) is 7.76. The summed E-state index contributed by atoms with van der Waals surface area (Å²) < 4.78 is 20.2. The van der Waals surface area contributed by atoms with Gasteiger partial charge in [-0.25, -0.2) is 4.39 Å². The maximum absolute atomic E-state index is 14.6. The molecule has 1 aromatic carbocycles. The quantitative estimate of drug-likeness (QED) is 0.847. The number of rotatable bonds is 4. The lowest BCUT2D eigenvalue weighted by molar-refractivity contribution is 0.183. The Kier molecular flexibility index (Phi) is 3.44. The molecule has 1 aliphatic rings. The molecule has 2 nitrogen and oxygen atoms in total. The Hall–Kier alpha value is -1.09. The highest BCUT2D eigenvalue weighted by Crippen LogP contribution is 2.37. The molecule has 1 unspecified atom stereocenters. The summed E-state index contributed by atoms with van der Waals surface area (Å²) in [7, 11) is 0. The van der Waals surface area contributed by atoms with E-state index in [9.17, 15) is 4.39 Å². The van der Waals surface area contributed by atoms with E-state index in [0.29, 0.717) is 30.9 Å². The predicted octanol–water partition coefficient (Wildman–Crippen LogP) is 2.63. The van der Waals surface area contributed by atoms with Crippen molar-refractivity contribution in [1.82, 2.24) is 5.32 Å². The highest BCUT2D eigenvalue weighted by Gasteiger charge is 2.37. The summed E-state index contributed by atoms with van der Waals surface area (Å²) in [6, 6.07) is 7.44. The molecule has 1 heterocycles. The van der Waals surface area contributed by atoms with Crippen LogP contribution in [0.2, 0.25) is 0 Å². The molecule has 0 aromatic heterocycles. The van der Waals surface area contributed by atoms with Crippen molar-refractivity contribution in [3.05, 3.63) is 29.8 Å². The van der Waals surface area contributed by atoms with Crippen LogP contribution in [0, 0.1) is 0 Å². The molecule has 0 saturated carbocycles. The Morgan fingerprint density at radius 2 is 2.25 bits per heavy atom. The first kappa shape index (κ1) is 11.4. The third-order valence-electron chi connectivity index (χ3n) is 2.93. The van der Waals surface area contributed by atoms with Gasteiger partial charge in [-0.15, -0.1) is 0 Å². The zero-order chi connectivity index (χ0) is 11.4. The number of hydrogen-bond donors (Lipinski definition) is 1. The standard InChI is InChI=1S/C13H18FNO/c1-2-9-16-12-6-4-3-5-11(12)13(14)7-8-15-10-13/h3-6,15H,2,7-10H2,1H3. The van der Waals surface area contributed by atoms with Crippen LogP contribution in [-0.4, -0.2) is 19.7 Å². The van der Waals surface area contributed by atoms with Gasteiger partial charge < -0.3 is 10.1 Å². The van der Waals surface area contributed by atoms with Gasteiger partial charge in [0.05, 0.1) is 6.61 Å². The molecule has 1 saturated heterocycles. The highest BCUT2D eigenvalue weighted by atomic mass is 19.1. The van der Waals surface area contributed by atoms with Crippen molar-refractivity contribution in [3.63, 3.8) is 0 Å². The minimum Gasteiger partial charge on any atom is -0.493 e. The van der Waals surface area contributed by atoms with Crippen molar-refractivity contribution >= 4 is 0 Å². The third-order valence-corrected chi connectivity index (χ3v) is 2.93. The summed E-state index contributed by atoms with van der Waals surface area (Å²) in [5.74, 6) is 0.690. The van der Waals surface area contributed by atoms with Gasteiger partial charge in [-0.2, -0.15) is 0 Å². The summed E-state index contributed by atoms with van der Waals surface area (Å²) in [6.07, 6.45) is 1.46. The molecule has 0 bridgehead atoms. The zero-order valence-electron chi connectivity index (χ0n) is 9.63. The van der Waals surface area contributed by atoms with Crippen molar-refractivity contribution in [2.24, 2.45) is 0 Å². The number of hydrogen-bond acceptors (Lipinski definition) is 2. The molecule has 1 N–H and O–H groups in total. The van der Waals surface area contributed by atoms with E-state index in [1.54, 1.807) is 0 Å². The topological polar surface area (TPSA) is 21.3 Å². The Labute approximate surface area is 95.8 Å². The van der Waals surface area contributed by atoms with E-state index in [-0.39, 0.29) is 0 Å². The monoisotopic (exact) mass is 223 g/mol. The molecule has 0 spiro atoms. The van der Waals surface area contributed by atoms with E-state index in [2.05, 4.69) is 5.32 Å². The summed E-state index contributed by atoms with van der Waals surface area (Å²) in [6.45, 7) is 3.81. The molecular formula is C13H18FNO.